The fourth-order valence-electron chi connectivity index (χ4n) is 12.6. The van der Waals surface area contributed by atoms with Crippen LogP contribution in [0.15, 0.2) is 145 Å². The van der Waals surface area contributed by atoms with Crippen LogP contribution in [0.3, 0.4) is 0 Å². The van der Waals surface area contributed by atoms with Gasteiger partial charge in [0.1, 0.15) is 0 Å². The Morgan fingerprint density at radius 2 is 0.989 bits per heavy atom. The predicted molar refractivity (Wildman–Crippen MR) is 368 cm³/mol. The van der Waals surface area contributed by atoms with Crippen LogP contribution in [-0.2, 0) is 54.0 Å². The first-order valence-corrected chi connectivity index (χ1v) is 32.9. The molecule has 0 N–H and O–H groups in total. The molecule has 0 amide bonds. The number of unbranched alkanes of at least 4 members (excludes halogenated alkanes) is 6. The van der Waals surface area contributed by atoms with E-state index in [2.05, 4.69) is 223 Å². The zero-order valence-corrected chi connectivity index (χ0v) is 59.0. The zero-order chi connectivity index (χ0) is 62.7. The van der Waals surface area contributed by atoms with Crippen molar-refractivity contribution >= 4 is 39.8 Å². The van der Waals surface area contributed by atoms with E-state index >= 15 is 0 Å². The zero-order valence-electron chi connectivity index (χ0n) is 57.0. The van der Waals surface area contributed by atoms with E-state index in [1.807, 2.05) is 0 Å². The van der Waals surface area contributed by atoms with Crippen molar-refractivity contribution in [3.05, 3.63) is 233 Å². The third-order valence-corrected chi connectivity index (χ3v) is 18.1. The summed E-state index contributed by atoms with van der Waals surface area (Å²) in [5.74, 6) is 5.80. The largest absolute Gasteiger partial charge is 2.00 e. The van der Waals surface area contributed by atoms with Gasteiger partial charge in [-0.3, -0.25) is 0 Å². The molecule has 5 heterocycles. The maximum atomic E-state index is 11.8. The van der Waals surface area contributed by atoms with E-state index in [1.54, 1.807) is 24.3 Å². The molecule has 2 unspecified atom stereocenters. The van der Waals surface area contributed by atoms with Gasteiger partial charge in [0.2, 0.25) is 0 Å². The number of rotatable bonds is 16. The van der Waals surface area contributed by atoms with E-state index in [0.717, 1.165) is 111 Å². The number of aromatic carboxylic acids is 1. The molecule has 2 aromatic heterocycles. The first-order chi connectivity index (χ1) is 41.9. The number of carbonyl (C=O) groups excluding carboxylic acids is 1. The van der Waals surface area contributed by atoms with E-state index in [4.69, 9.17) is 20.6 Å². The molecule has 0 spiro atoms. The molecule has 8 bridgehead atoms. The summed E-state index contributed by atoms with van der Waals surface area (Å²) in [5, 5.41) is 25.5. The molecule has 5 aromatic carbocycles. The van der Waals surface area contributed by atoms with Crippen molar-refractivity contribution in [2.45, 2.75) is 221 Å². The van der Waals surface area contributed by atoms with Gasteiger partial charge in [-0.15, -0.1) is 27.8 Å². The van der Waals surface area contributed by atoms with Gasteiger partial charge in [0, 0.05) is 16.9 Å². The number of nitrogens with zero attached hydrogens (tertiary/aromatic N) is 5. The number of hydrogen-bond acceptors (Lipinski definition) is 3. The number of benzene rings is 5. The topological polar surface area (TPSA) is 99.8 Å². The van der Waals surface area contributed by atoms with Crippen molar-refractivity contribution in [2.75, 3.05) is 4.90 Å². The average Bonchev–Trinajstić information content (AvgIpc) is 1.51. The molecule has 0 aliphatic carbocycles. The summed E-state index contributed by atoms with van der Waals surface area (Å²) in [7, 11) is 0. The van der Waals surface area contributed by atoms with Crippen molar-refractivity contribution in [1.82, 2.24) is 9.97 Å². The van der Waals surface area contributed by atoms with Gasteiger partial charge in [-0.1, -0.05) is 280 Å². The fraction of sp³-hybridized carbons (Fsp3) is 0.420. The minimum absolute atomic E-state index is 0. The Morgan fingerprint density at radius 3 is 1.49 bits per heavy atom. The Balaban J connectivity index is 0.00000523. The van der Waals surface area contributed by atoms with Crippen LogP contribution in [-0.4, -0.2) is 18.1 Å². The second-order valence-corrected chi connectivity index (χ2v) is 29.2. The van der Waals surface area contributed by atoms with Gasteiger partial charge in [0.15, 0.2) is 0 Å². The number of hydrogen-bond donors (Lipinski definition) is 0. The molecule has 2 fully saturated rings. The monoisotopic (exact) mass is 1230 g/mol. The number of allylic oxidation sites excluding steroid dienone is 3. The molecule has 7 nitrogen and oxygen atoms in total. The molecule has 0 saturated carbocycles. The summed E-state index contributed by atoms with van der Waals surface area (Å²) in [4.78, 5) is 25.9. The molecule has 89 heavy (non-hydrogen) atoms. The first kappa shape index (κ1) is 66.4. The molecule has 10 rings (SSSR count). The number of fused-ring (bicyclic) bond motifs is 8. The van der Waals surface area contributed by atoms with Crippen LogP contribution >= 0.6 is 0 Å². The molecule has 2 saturated heterocycles. The van der Waals surface area contributed by atoms with Crippen LogP contribution in [0.1, 0.15) is 247 Å². The summed E-state index contributed by atoms with van der Waals surface area (Å²) in [6, 6.07) is 47.9. The van der Waals surface area contributed by atoms with Crippen molar-refractivity contribution in [2.24, 2.45) is 0 Å². The van der Waals surface area contributed by atoms with Crippen LogP contribution in [0.25, 0.3) is 33.0 Å². The summed E-state index contributed by atoms with van der Waals surface area (Å²) in [6.07, 6.45) is 14.8. The van der Waals surface area contributed by atoms with Crippen molar-refractivity contribution < 1.29 is 30.8 Å². The Bertz CT molecular complexity index is 3790. The number of aromatic nitrogens is 2. The van der Waals surface area contributed by atoms with Gasteiger partial charge >= 0.3 is 20.9 Å². The summed E-state index contributed by atoms with van der Waals surface area (Å²) in [5.41, 5.74) is 19.9. The standard InChI is InChI=1S/C81H95N5O2.Zn/c1-15-17-19-21-23-53-27-34-63(35-28-53)86(64-36-29-54(30-37-64)24-22-20-18-16-2)76-72-45-43-70(84-72)74(57-47-59(78(3,4)5)51-60(48-57)79(6,7)8)68-41-39-66(82-68)65(38-31-55-25-32-56(33-26-55)77(87)88)67-40-42-69(83-67)75(71-44-46-73(76)85-71)58-49-61(80(9,10)11)52-62(50-58)81(12,13)14;/h25-30,32-37,39,41,44,46-52,69,72H,15-24,40,42-43,45H2,1-14H3,(H,87,88);/q-4;+2. The van der Waals surface area contributed by atoms with E-state index in [9.17, 15) is 9.90 Å². The second-order valence-electron chi connectivity index (χ2n) is 29.2. The summed E-state index contributed by atoms with van der Waals surface area (Å²) >= 11 is 0. The summed E-state index contributed by atoms with van der Waals surface area (Å²) < 4.78 is 0. The molecule has 3 aliphatic heterocycles. The minimum atomic E-state index is -1.22. The number of carboxylic acid groups (broad SMARTS) is 1. The van der Waals surface area contributed by atoms with Crippen LogP contribution in [0.4, 0.5) is 11.4 Å². The average molecular weight is 1240 g/mol. The van der Waals surface area contributed by atoms with Crippen LogP contribution < -0.4 is 30.7 Å². The molecule has 3 aliphatic rings. The van der Waals surface area contributed by atoms with Crippen LogP contribution in [0.2, 0.25) is 0 Å². The van der Waals surface area contributed by atoms with E-state index in [1.165, 1.54) is 84.7 Å². The predicted octanol–water partition coefficient (Wildman–Crippen LogP) is 18.0. The number of aryl methyl sites for hydroxylation is 2. The second kappa shape index (κ2) is 27.6. The number of anilines is 2. The molecular formula is C81H95N5O2Zn-2. The van der Waals surface area contributed by atoms with E-state index < -0.39 is 5.97 Å². The Labute approximate surface area is 547 Å². The normalized spacial score (nSPS) is 16.2. The Morgan fingerprint density at radius 1 is 0.517 bits per heavy atom. The van der Waals surface area contributed by atoms with E-state index in [0.29, 0.717) is 12.0 Å². The smallest absolute Gasteiger partial charge is 0.681 e. The molecule has 2 atom stereocenters. The van der Waals surface area contributed by atoms with E-state index in [-0.39, 0.29) is 60.2 Å². The molecule has 7 aromatic rings. The Kier molecular flexibility index (Phi) is 20.6. The quantitative estimate of drug-likeness (QED) is 0.0545. The number of carboxylic acids is 1. The SMILES string of the molecule is CCCCCCc1ccc(N(C2=c3ccc([n-]3)=C(c3cc(C(C)(C)C)cc(C(C)(C)C)c3)C3CCC(=C(C#Cc4ccc(C(=O)[O-])cc4)c4ccc([n-]4)C(c4cc(C(C)(C)C)cc(C(C)(C)C)c4)=C4CCC2[N-]4)[N-]3)c2ccc(CCCCCC)cc2)cc1.[H+].[Zn+2]. The van der Waals surface area contributed by atoms with Crippen molar-refractivity contribution in [3.8, 4) is 11.8 Å². The van der Waals surface area contributed by atoms with Gasteiger partial charge < -0.3 is 35.4 Å². The fourth-order valence-corrected chi connectivity index (χ4v) is 12.6. The number of carbonyl (C=O) groups is 1. The maximum absolute atomic E-state index is 11.8. The third kappa shape index (κ3) is 15.6. The maximum Gasteiger partial charge on any atom is 2.00 e. The molecule has 0 radical (unpaired) electrons. The summed E-state index contributed by atoms with van der Waals surface area (Å²) in [6.45, 7) is 32.2. The third-order valence-electron chi connectivity index (χ3n) is 18.1. The van der Waals surface area contributed by atoms with Gasteiger partial charge in [0.25, 0.3) is 0 Å². The van der Waals surface area contributed by atoms with Gasteiger partial charge in [0.05, 0.1) is 5.97 Å². The Hall–Kier alpha value is -7.07. The molecular weight excluding hydrogens is 1140 g/mol. The van der Waals surface area contributed by atoms with Crippen LogP contribution in [0, 0.1) is 11.8 Å². The molecule has 460 valence electrons. The van der Waals surface area contributed by atoms with Gasteiger partial charge in [-0.2, -0.15) is 5.70 Å². The van der Waals surface area contributed by atoms with Gasteiger partial charge in [-0.05, 0) is 158 Å². The van der Waals surface area contributed by atoms with Gasteiger partial charge in [-0.25, -0.2) is 0 Å². The first-order valence-electron chi connectivity index (χ1n) is 32.9. The van der Waals surface area contributed by atoms with Crippen LogP contribution in [0.5, 0.6) is 0 Å². The van der Waals surface area contributed by atoms with Crippen molar-refractivity contribution in [1.29, 1.82) is 0 Å². The minimum Gasteiger partial charge on any atom is -0.681 e. The molecule has 8 heteroatoms. The van der Waals surface area contributed by atoms with Crippen molar-refractivity contribution in [3.63, 3.8) is 0 Å².